The smallest absolute Gasteiger partial charge is 0.231 e. The Bertz CT molecular complexity index is 1020. The van der Waals surface area contributed by atoms with Crippen LogP contribution in [-0.2, 0) is 0 Å². The lowest BCUT2D eigenvalue weighted by Crippen LogP contribution is -1.90. The molecule has 0 radical (unpaired) electrons. The van der Waals surface area contributed by atoms with E-state index in [1.54, 1.807) is 0 Å². The van der Waals surface area contributed by atoms with Gasteiger partial charge in [-0.25, -0.2) is 0 Å². The van der Waals surface area contributed by atoms with E-state index in [0.717, 1.165) is 22.5 Å². The number of fused-ring (bicyclic) bond motifs is 1. The molecule has 1 aliphatic heterocycles. The molecule has 0 unspecified atom stereocenters. The summed E-state index contributed by atoms with van der Waals surface area (Å²) in [5.41, 5.74) is 6.42. The second-order valence-corrected chi connectivity index (χ2v) is 7.04. The number of rotatable bonds is 3. The monoisotopic (exact) mass is 347 g/mol. The van der Waals surface area contributed by atoms with E-state index in [2.05, 4.69) is 41.3 Å². The molecule has 0 fully saturated rings. The van der Waals surface area contributed by atoms with E-state index < -0.39 is 0 Å². The second-order valence-electron chi connectivity index (χ2n) is 6.01. The molecule has 25 heavy (non-hydrogen) atoms. The van der Waals surface area contributed by atoms with E-state index in [0.29, 0.717) is 10.0 Å². The summed E-state index contributed by atoms with van der Waals surface area (Å²) in [5, 5.41) is 14.1. The largest absolute Gasteiger partial charge is 0.492 e. The number of aliphatic imine (C=N–C) groups is 1. The molecule has 0 bridgehead atoms. The molecule has 3 aromatic rings. The van der Waals surface area contributed by atoms with Crippen LogP contribution < -0.4 is 5.32 Å². The first-order valence-electron chi connectivity index (χ1n) is 7.99. The van der Waals surface area contributed by atoms with Gasteiger partial charge in [-0.3, -0.25) is 4.99 Å². The fraction of sp³-hybridized carbons (Fsp3) is 0.100. The van der Waals surface area contributed by atoms with E-state index in [4.69, 9.17) is 0 Å². The molecule has 4 nitrogen and oxygen atoms in total. The van der Waals surface area contributed by atoms with E-state index in [1.165, 1.54) is 22.5 Å². The Labute approximate surface area is 150 Å². The number of thiazole rings is 1. The summed E-state index contributed by atoms with van der Waals surface area (Å²) in [4.78, 5) is 9.34. The summed E-state index contributed by atoms with van der Waals surface area (Å²) >= 11 is 1.42. The molecule has 2 N–H and O–H groups in total. The molecule has 0 atom stereocenters. The average molecular weight is 347 g/mol. The maximum absolute atomic E-state index is 10.2. The minimum absolute atomic E-state index is 0.0293. The van der Waals surface area contributed by atoms with Gasteiger partial charge in [0.05, 0.1) is 10.6 Å². The number of nitrogens with zero attached hydrogens (tertiary/aromatic N) is 2. The highest BCUT2D eigenvalue weighted by atomic mass is 32.1. The van der Waals surface area contributed by atoms with Crippen LogP contribution in [0, 0.1) is 13.8 Å². The van der Waals surface area contributed by atoms with Gasteiger partial charge in [0.1, 0.15) is 0 Å². The van der Waals surface area contributed by atoms with Crippen LogP contribution in [0.1, 0.15) is 21.6 Å². The van der Waals surface area contributed by atoms with Crippen LogP contribution in [0.5, 0.6) is 5.88 Å². The number of aromatic nitrogens is 1. The average Bonchev–Trinajstić information content (AvgIpc) is 3.16. The molecule has 1 aromatic heterocycles. The van der Waals surface area contributed by atoms with Crippen LogP contribution in [0.2, 0.25) is 0 Å². The van der Waals surface area contributed by atoms with Gasteiger partial charge in [-0.15, -0.1) is 0 Å². The van der Waals surface area contributed by atoms with Crippen molar-refractivity contribution in [2.24, 2.45) is 4.99 Å². The quantitative estimate of drug-likeness (QED) is 0.661. The van der Waals surface area contributed by atoms with E-state index >= 15 is 0 Å². The predicted molar refractivity (Wildman–Crippen MR) is 105 cm³/mol. The van der Waals surface area contributed by atoms with Gasteiger partial charge in [-0.05, 0) is 49.2 Å². The molecule has 0 amide bonds. The Morgan fingerprint density at radius 2 is 1.92 bits per heavy atom. The Morgan fingerprint density at radius 1 is 1.08 bits per heavy atom. The number of nitrogens with one attached hydrogen (secondary N) is 1. The van der Waals surface area contributed by atoms with Gasteiger partial charge >= 0.3 is 0 Å². The number of benzene rings is 2. The van der Waals surface area contributed by atoms with Crippen molar-refractivity contribution in [1.82, 2.24) is 4.98 Å². The fourth-order valence-electron chi connectivity index (χ4n) is 2.71. The second kappa shape index (κ2) is 6.18. The highest BCUT2D eigenvalue weighted by molar-refractivity contribution is 7.16. The van der Waals surface area contributed by atoms with Crippen LogP contribution in [-0.4, -0.2) is 16.3 Å². The molecule has 2 aromatic carbocycles. The van der Waals surface area contributed by atoms with Gasteiger partial charge in [0.15, 0.2) is 5.13 Å². The minimum atomic E-state index is 0.0293. The van der Waals surface area contributed by atoms with E-state index in [-0.39, 0.29) is 5.88 Å². The SMILES string of the molecule is Cc1ccc(Nc2nc(O)c(/C=C3\C=Nc4ccccc43)s2)cc1C. The van der Waals surface area contributed by atoms with Gasteiger partial charge < -0.3 is 10.4 Å². The molecule has 5 heteroatoms. The number of allylic oxidation sites excluding steroid dienone is 1. The van der Waals surface area contributed by atoms with Crippen molar-refractivity contribution in [3.8, 4) is 5.88 Å². The molecular formula is C20H17N3OS. The summed E-state index contributed by atoms with van der Waals surface area (Å²) in [5.74, 6) is 0.0293. The number of anilines is 2. The van der Waals surface area contributed by atoms with Crippen molar-refractivity contribution in [3.63, 3.8) is 0 Å². The zero-order chi connectivity index (χ0) is 17.4. The molecule has 0 aliphatic carbocycles. The molecule has 1 aliphatic rings. The molecule has 0 saturated heterocycles. The number of aryl methyl sites for hydroxylation is 2. The first-order valence-corrected chi connectivity index (χ1v) is 8.81. The van der Waals surface area contributed by atoms with E-state index in [1.807, 2.05) is 42.6 Å². The van der Waals surface area contributed by atoms with Crippen LogP contribution >= 0.6 is 11.3 Å². The molecule has 124 valence electrons. The van der Waals surface area contributed by atoms with Crippen molar-refractivity contribution in [2.45, 2.75) is 13.8 Å². The third-order valence-corrected chi connectivity index (χ3v) is 5.14. The standard InChI is InChI=1S/C20H17N3OS/c1-12-7-8-15(9-13(12)2)22-20-23-19(24)18(25-20)10-14-11-21-17-6-4-3-5-16(14)17/h3-11,24H,1-2H3,(H,22,23)/b14-10+. The van der Waals surface area contributed by atoms with Gasteiger partial charge in [0.25, 0.3) is 0 Å². The lowest BCUT2D eigenvalue weighted by molar-refractivity contribution is 0.457. The van der Waals surface area contributed by atoms with Crippen molar-refractivity contribution in [3.05, 3.63) is 64.0 Å². The maximum Gasteiger partial charge on any atom is 0.231 e. The molecule has 4 rings (SSSR count). The zero-order valence-electron chi connectivity index (χ0n) is 13.9. The summed E-state index contributed by atoms with van der Waals surface area (Å²) in [6.07, 6.45) is 3.74. The summed E-state index contributed by atoms with van der Waals surface area (Å²) in [6.45, 7) is 4.16. The molecule has 0 saturated carbocycles. The maximum atomic E-state index is 10.2. The summed E-state index contributed by atoms with van der Waals surface area (Å²) in [7, 11) is 0. The fourth-order valence-corrected chi connectivity index (χ4v) is 3.54. The van der Waals surface area contributed by atoms with Gasteiger partial charge in [-0.2, -0.15) is 4.98 Å². The lowest BCUT2D eigenvalue weighted by Gasteiger charge is -2.05. The summed E-state index contributed by atoms with van der Waals surface area (Å²) in [6, 6.07) is 14.1. The first-order chi connectivity index (χ1) is 12.1. The van der Waals surface area contributed by atoms with Crippen LogP contribution in [0.15, 0.2) is 47.5 Å². The third-order valence-electron chi connectivity index (χ3n) is 4.24. The van der Waals surface area contributed by atoms with Crippen molar-refractivity contribution >= 4 is 45.7 Å². The minimum Gasteiger partial charge on any atom is -0.492 e. The third kappa shape index (κ3) is 3.06. The molecule has 2 heterocycles. The van der Waals surface area contributed by atoms with E-state index in [9.17, 15) is 5.11 Å². The first kappa shape index (κ1) is 15.6. The molecule has 0 spiro atoms. The van der Waals surface area contributed by atoms with Crippen molar-refractivity contribution in [2.75, 3.05) is 5.32 Å². The zero-order valence-corrected chi connectivity index (χ0v) is 14.8. The highest BCUT2D eigenvalue weighted by Crippen LogP contribution is 2.37. The Kier molecular flexibility index (Phi) is 3.86. The highest BCUT2D eigenvalue weighted by Gasteiger charge is 2.14. The van der Waals surface area contributed by atoms with Gasteiger partial charge in [0, 0.05) is 23.0 Å². The Morgan fingerprint density at radius 3 is 2.76 bits per heavy atom. The number of para-hydroxylation sites is 1. The van der Waals surface area contributed by atoms with Crippen molar-refractivity contribution < 1.29 is 5.11 Å². The van der Waals surface area contributed by atoms with Crippen LogP contribution in [0.3, 0.4) is 0 Å². The normalized spacial score (nSPS) is 14.1. The van der Waals surface area contributed by atoms with Gasteiger partial charge in [0.2, 0.25) is 5.88 Å². The predicted octanol–water partition coefficient (Wildman–Crippen LogP) is 5.47. The van der Waals surface area contributed by atoms with Crippen LogP contribution in [0.4, 0.5) is 16.5 Å². The lowest BCUT2D eigenvalue weighted by atomic mass is 10.1. The van der Waals surface area contributed by atoms with Crippen LogP contribution in [0.25, 0.3) is 11.6 Å². The van der Waals surface area contributed by atoms with Gasteiger partial charge in [-0.1, -0.05) is 35.6 Å². The number of aromatic hydroxyl groups is 1. The van der Waals surface area contributed by atoms with Crippen molar-refractivity contribution in [1.29, 1.82) is 0 Å². The number of hydrogen-bond acceptors (Lipinski definition) is 5. The molecular weight excluding hydrogens is 330 g/mol. The Balaban J connectivity index is 1.62. The topological polar surface area (TPSA) is 57.5 Å². The Hall–Kier alpha value is -2.92. The number of hydrogen-bond donors (Lipinski definition) is 2. The summed E-state index contributed by atoms with van der Waals surface area (Å²) < 4.78 is 0.